The first-order chi connectivity index (χ1) is 9.30. The van der Waals surface area contributed by atoms with Crippen molar-refractivity contribution < 1.29 is 0 Å². The molecule has 0 radical (unpaired) electrons. The third-order valence-electron chi connectivity index (χ3n) is 4.25. The van der Waals surface area contributed by atoms with E-state index in [1.807, 2.05) is 18.2 Å². The highest BCUT2D eigenvalue weighted by Gasteiger charge is 2.20. The smallest absolute Gasteiger partial charge is 0.0992 e. The van der Waals surface area contributed by atoms with Crippen LogP contribution in [0.5, 0.6) is 0 Å². The fourth-order valence-electron chi connectivity index (χ4n) is 3.00. The highest BCUT2D eigenvalue weighted by atomic mass is 15.1. The number of hydrogen-bond acceptors (Lipinski definition) is 2. The summed E-state index contributed by atoms with van der Waals surface area (Å²) >= 11 is 0. The van der Waals surface area contributed by atoms with Gasteiger partial charge in [-0.3, -0.25) is 0 Å². The van der Waals surface area contributed by atoms with Crippen LogP contribution in [0.25, 0.3) is 10.9 Å². The summed E-state index contributed by atoms with van der Waals surface area (Å²) in [5.74, 6) is 0.640. The average molecular weight is 253 g/mol. The van der Waals surface area contributed by atoms with Crippen LogP contribution in [0.1, 0.15) is 36.9 Å². The Labute approximate surface area is 113 Å². The van der Waals surface area contributed by atoms with Gasteiger partial charge in [0.05, 0.1) is 11.6 Å². The minimum atomic E-state index is 0.640. The van der Waals surface area contributed by atoms with Crippen LogP contribution in [0.2, 0.25) is 0 Å². The van der Waals surface area contributed by atoms with Crippen LogP contribution in [0.3, 0.4) is 0 Å². The number of H-pyrrole nitrogens is 1. The van der Waals surface area contributed by atoms with Gasteiger partial charge in [0.25, 0.3) is 0 Å². The third kappa shape index (κ3) is 2.36. The van der Waals surface area contributed by atoms with E-state index in [1.54, 1.807) is 0 Å². The minimum Gasteiger partial charge on any atom is -0.358 e. The van der Waals surface area contributed by atoms with Gasteiger partial charge in [0, 0.05) is 17.1 Å². The predicted molar refractivity (Wildman–Crippen MR) is 77.1 cm³/mol. The van der Waals surface area contributed by atoms with Gasteiger partial charge in [-0.25, -0.2) is 0 Å². The Kier molecular flexibility index (Phi) is 3.27. The fourth-order valence-corrected chi connectivity index (χ4v) is 3.00. The highest BCUT2D eigenvalue weighted by Crippen LogP contribution is 2.30. The van der Waals surface area contributed by atoms with Crippen LogP contribution in [-0.4, -0.2) is 29.5 Å². The molecule has 98 valence electrons. The number of aromatic amines is 1. The summed E-state index contributed by atoms with van der Waals surface area (Å²) in [4.78, 5) is 6.01. The van der Waals surface area contributed by atoms with Crippen molar-refractivity contribution in [1.29, 1.82) is 5.26 Å². The average Bonchev–Trinajstić information content (AvgIpc) is 2.90. The van der Waals surface area contributed by atoms with E-state index < -0.39 is 0 Å². The van der Waals surface area contributed by atoms with Crippen LogP contribution >= 0.6 is 0 Å². The molecule has 0 spiro atoms. The Morgan fingerprint density at radius 2 is 2.11 bits per heavy atom. The second-order valence-corrected chi connectivity index (χ2v) is 5.35. The maximum Gasteiger partial charge on any atom is 0.0992 e. The van der Waals surface area contributed by atoms with Gasteiger partial charge in [0.15, 0.2) is 0 Å². The topological polar surface area (TPSA) is 42.8 Å². The van der Waals surface area contributed by atoms with Crippen molar-refractivity contribution in [3.05, 3.63) is 35.5 Å². The second-order valence-electron chi connectivity index (χ2n) is 5.35. The molecular formula is C16H19N3. The van der Waals surface area contributed by atoms with Gasteiger partial charge in [0.1, 0.15) is 0 Å². The second kappa shape index (κ2) is 5.07. The lowest BCUT2D eigenvalue weighted by Gasteiger charge is -2.30. The lowest BCUT2D eigenvalue weighted by molar-refractivity contribution is 0.221. The van der Waals surface area contributed by atoms with Crippen molar-refractivity contribution in [3.63, 3.8) is 0 Å². The molecule has 0 bridgehead atoms. The van der Waals surface area contributed by atoms with Crippen molar-refractivity contribution >= 4 is 10.9 Å². The van der Waals surface area contributed by atoms with Gasteiger partial charge >= 0.3 is 0 Å². The van der Waals surface area contributed by atoms with Gasteiger partial charge in [-0.1, -0.05) is 13.0 Å². The zero-order chi connectivity index (χ0) is 13.2. The van der Waals surface area contributed by atoms with Crippen molar-refractivity contribution in [2.24, 2.45) is 0 Å². The van der Waals surface area contributed by atoms with E-state index in [1.165, 1.54) is 37.0 Å². The Hall–Kier alpha value is -1.79. The minimum absolute atomic E-state index is 0.640. The number of nitrogens with one attached hydrogen (secondary N) is 1. The summed E-state index contributed by atoms with van der Waals surface area (Å²) in [6.07, 6.45) is 2.46. The Bertz CT molecular complexity index is 612. The summed E-state index contributed by atoms with van der Waals surface area (Å²) in [5, 5.41) is 10.2. The molecule has 3 rings (SSSR count). The molecule has 0 aliphatic carbocycles. The summed E-state index contributed by atoms with van der Waals surface area (Å²) in [6, 6.07) is 10.3. The zero-order valence-corrected chi connectivity index (χ0v) is 11.3. The van der Waals surface area contributed by atoms with Gasteiger partial charge in [-0.05, 0) is 56.1 Å². The lowest BCUT2D eigenvalue weighted by Crippen LogP contribution is -2.32. The normalized spacial score (nSPS) is 17.7. The van der Waals surface area contributed by atoms with Gasteiger partial charge in [-0.2, -0.15) is 5.26 Å². The number of piperidine rings is 1. The van der Waals surface area contributed by atoms with Crippen LogP contribution in [-0.2, 0) is 0 Å². The first kappa shape index (κ1) is 12.3. The Balaban J connectivity index is 1.84. The van der Waals surface area contributed by atoms with E-state index in [9.17, 15) is 0 Å². The molecule has 1 N–H and O–H groups in total. The first-order valence-electron chi connectivity index (χ1n) is 7.05. The van der Waals surface area contributed by atoms with E-state index in [2.05, 4.69) is 28.9 Å². The molecule has 1 fully saturated rings. The molecule has 3 nitrogen and oxygen atoms in total. The summed E-state index contributed by atoms with van der Waals surface area (Å²) in [6.45, 7) is 5.78. The molecule has 0 amide bonds. The number of benzene rings is 1. The van der Waals surface area contributed by atoms with Crippen molar-refractivity contribution in [1.82, 2.24) is 9.88 Å². The van der Waals surface area contributed by atoms with Gasteiger partial charge in [0.2, 0.25) is 0 Å². The van der Waals surface area contributed by atoms with Crippen LogP contribution in [0.15, 0.2) is 24.3 Å². The molecule has 1 aromatic carbocycles. The van der Waals surface area contributed by atoms with Crippen molar-refractivity contribution in [2.75, 3.05) is 19.6 Å². The van der Waals surface area contributed by atoms with Crippen LogP contribution in [0.4, 0.5) is 0 Å². The summed E-state index contributed by atoms with van der Waals surface area (Å²) in [7, 11) is 0. The molecule has 2 aromatic rings. The number of hydrogen-bond donors (Lipinski definition) is 1. The maximum atomic E-state index is 8.94. The molecule has 19 heavy (non-hydrogen) atoms. The van der Waals surface area contributed by atoms with Crippen LogP contribution in [0, 0.1) is 11.3 Å². The predicted octanol–water partition coefficient (Wildman–Crippen LogP) is 3.24. The molecule has 1 aromatic heterocycles. The standard InChI is InChI=1S/C16H19N3/c1-2-19-7-5-13(6-8-19)16-10-14-4-3-12(11-17)9-15(14)18-16/h3-4,9-10,13,18H,2,5-8H2,1H3. The number of fused-ring (bicyclic) bond motifs is 1. The molecule has 0 saturated carbocycles. The Morgan fingerprint density at radius 1 is 1.32 bits per heavy atom. The first-order valence-corrected chi connectivity index (χ1v) is 7.05. The molecule has 0 atom stereocenters. The molecule has 3 heteroatoms. The number of nitrogens with zero attached hydrogens (tertiary/aromatic N) is 2. The van der Waals surface area contributed by atoms with Gasteiger partial charge < -0.3 is 9.88 Å². The third-order valence-corrected chi connectivity index (χ3v) is 4.25. The summed E-state index contributed by atoms with van der Waals surface area (Å²) in [5.41, 5.74) is 3.15. The number of likely N-dealkylation sites (tertiary alicyclic amines) is 1. The van der Waals surface area contributed by atoms with E-state index >= 15 is 0 Å². The molecule has 1 aliphatic rings. The number of aromatic nitrogens is 1. The largest absolute Gasteiger partial charge is 0.358 e. The van der Waals surface area contributed by atoms with E-state index in [0.29, 0.717) is 5.92 Å². The van der Waals surface area contributed by atoms with Crippen LogP contribution < -0.4 is 0 Å². The van der Waals surface area contributed by atoms with E-state index in [0.717, 1.165) is 17.6 Å². The molecular weight excluding hydrogens is 234 g/mol. The zero-order valence-electron chi connectivity index (χ0n) is 11.3. The molecule has 0 unspecified atom stereocenters. The number of rotatable bonds is 2. The molecule has 1 saturated heterocycles. The van der Waals surface area contributed by atoms with Crippen molar-refractivity contribution in [2.45, 2.75) is 25.7 Å². The number of nitriles is 1. The summed E-state index contributed by atoms with van der Waals surface area (Å²) < 4.78 is 0. The van der Waals surface area contributed by atoms with E-state index in [4.69, 9.17) is 5.26 Å². The highest BCUT2D eigenvalue weighted by molar-refractivity contribution is 5.81. The fraction of sp³-hybridized carbons (Fsp3) is 0.438. The Morgan fingerprint density at radius 3 is 2.79 bits per heavy atom. The van der Waals surface area contributed by atoms with Crippen molar-refractivity contribution in [3.8, 4) is 6.07 Å². The van der Waals surface area contributed by atoms with E-state index in [-0.39, 0.29) is 0 Å². The SMILES string of the molecule is CCN1CCC(c2cc3ccc(C#N)cc3[nH]2)CC1. The lowest BCUT2D eigenvalue weighted by atomic mass is 9.93. The monoisotopic (exact) mass is 253 g/mol. The molecule has 2 heterocycles. The maximum absolute atomic E-state index is 8.94. The quantitative estimate of drug-likeness (QED) is 0.892. The molecule has 1 aliphatic heterocycles. The van der Waals surface area contributed by atoms with Gasteiger partial charge in [-0.15, -0.1) is 0 Å².